The number of nitrogens with zero attached hydrogens (tertiary/aromatic N) is 2. The van der Waals surface area contributed by atoms with Crippen LogP contribution in [-0.4, -0.2) is 28.0 Å². The van der Waals surface area contributed by atoms with E-state index in [0.717, 1.165) is 4.68 Å². The molecule has 0 aliphatic rings. The van der Waals surface area contributed by atoms with Gasteiger partial charge in [0.2, 0.25) is 0 Å². The van der Waals surface area contributed by atoms with E-state index >= 15 is 0 Å². The van der Waals surface area contributed by atoms with E-state index in [0.29, 0.717) is 0 Å². The molecule has 1 aromatic heterocycles. The van der Waals surface area contributed by atoms with Crippen LogP contribution in [0.25, 0.3) is 0 Å². The van der Waals surface area contributed by atoms with Gasteiger partial charge in [0.05, 0.1) is 7.11 Å². The van der Waals surface area contributed by atoms with Crippen LogP contribution in [0.5, 0.6) is 5.88 Å². The molecule has 0 saturated carbocycles. The summed E-state index contributed by atoms with van der Waals surface area (Å²) < 4.78 is 5.90. The molecule has 6 nitrogen and oxygen atoms in total. The lowest BCUT2D eigenvalue weighted by molar-refractivity contribution is 0.0686. The standard InChI is InChI=1S/C6H9N3O3/c1-9-4(6(10)11)3(7)5(8-9)12-2/h7H2,1-2H3,(H,10,11). The molecule has 0 aliphatic carbocycles. The molecule has 0 radical (unpaired) electrons. The smallest absolute Gasteiger partial charge is 0.356 e. The molecule has 0 fully saturated rings. The summed E-state index contributed by atoms with van der Waals surface area (Å²) in [5, 5.41) is 12.4. The zero-order valence-electron chi connectivity index (χ0n) is 6.74. The van der Waals surface area contributed by atoms with Crippen molar-refractivity contribution in [3.05, 3.63) is 5.69 Å². The fourth-order valence-electron chi connectivity index (χ4n) is 0.920. The number of hydrogen-bond donors (Lipinski definition) is 2. The maximum atomic E-state index is 10.6. The molecular weight excluding hydrogens is 162 g/mol. The van der Waals surface area contributed by atoms with Gasteiger partial charge in [-0.25, -0.2) is 4.79 Å². The van der Waals surface area contributed by atoms with Gasteiger partial charge in [0.1, 0.15) is 5.69 Å². The summed E-state index contributed by atoms with van der Waals surface area (Å²) in [5.41, 5.74) is 5.41. The van der Waals surface area contributed by atoms with Crippen LogP contribution in [0.1, 0.15) is 10.5 Å². The van der Waals surface area contributed by atoms with E-state index in [1.54, 1.807) is 0 Å². The van der Waals surface area contributed by atoms with E-state index < -0.39 is 5.97 Å². The van der Waals surface area contributed by atoms with Gasteiger partial charge in [-0.15, -0.1) is 5.10 Å². The summed E-state index contributed by atoms with van der Waals surface area (Å²) in [4.78, 5) is 10.6. The number of aromatic carboxylic acids is 1. The lowest BCUT2D eigenvalue weighted by atomic mass is 10.4. The molecule has 1 rings (SSSR count). The molecule has 0 amide bonds. The molecule has 0 saturated heterocycles. The van der Waals surface area contributed by atoms with Crippen LogP contribution in [0.4, 0.5) is 5.69 Å². The topological polar surface area (TPSA) is 90.4 Å². The normalized spacial score (nSPS) is 9.83. The summed E-state index contributed by atoms with van der Waals surface area (Å²) in [5.74, 6) is -0.985. The number of anilines is 1. The van der Waals surface area contributed by atoms with Crippen molar-refractivity contribution in [2.24, 2.45) is 7.05 Å². The monoisotopic (exact) mass is 171 g/mol. The average molecular weight is 171 g/mol. The Morgan fingerprint density at radius 1 is 1.75 bits per heavy atom. The summed E-state index contributed by atoms with van der Waals surface area (Å²) in [7, 11) is 2.87. The third-order valence-corrected chi connectivity index (χ3v) is 1.45. The largest absolute Gasteiger partial charge is 0.478 e. The van der Waals surface area contributed by atoms with Gasteiger partial charge in [0.15, 0.2) is 5.69 Å². The summed E-state index contributed by atoms with van der Waals surface area (Å²) in [6.45, 7) is 0. The van der Waals surface area contributed by atoms with Crippen LogP contribution in [0, 0.1) is 0 Å². The lowest BCUT2D eigenvalue weighted by Crippen LogP contribution is -2.07. The Bertz CT molecular complexity index is 318. The molecule has 12 heavy (non-hydrogen) atoms. The third kappa shape index (κ3) is 1.07. The Morgan fingerprint density at radius 3 is 2.58 bits per heavy atom. The number of carboxylic acids is 1. The van der Waals surface area contributed by atoms with Crippen LogP contribution >= 0.6 is 0 Å². The van der Waals surface area contributed by atoms with Gasteiger partial charge < -0.3 is 15.6 Å². The van der Waals surface area contributed by atoms with Crippen molar-refractivity contribution in [2.75, 3.05) is 12.8 Å². The molecule has 0 aliphatic heterocycles. The summed E-state index contributed by atoms with van der Waals surface area (Å²) in [6.07, 6.45) is 0. The average Bonchev–Trinajstić information content (AvgIpc) is 2.25. The van der Waals surface area contributed by atoms with Crippen LogP contribution in [0.2, 0.25) is 0 Å². The Balaban J connectivity index is 3.28. The van der Waals surface area contributed by atoms with E-state index in [4.69, 9.17) is 15.6 Å². The highest BCUT2D eigenvalue weighted by Crippen LogP contribution is 2.22. The maximum Gasteiger partial charge on any atom is 0.356 e. The summed E-state index contributed by atoms with van der Waals surface area (Å²) >= 11 is 0. The van der Waals surface area contributed by atoms with Gasteiger partial charge in [-0.05, 0) is 0 Å². The highest BCUT2D eigenvalue weighted by Gasteiger charge is 2.19. The van der Waals surface area contributed by atoms with E-state index in [9.17, 15) is 4.79 Å². The van der Waals surface area contributed by atoms with Gasteiger partial charge in [-0.1, -0.05) is 0 Å². The minimum Gasteiger partial charge on any atom is -0.478 e. The predicted molar refractivity (Wildman–Crippen MR) is 41.1 cm³/mol. The number of carbonyl (C=O) groups is 1. The first kappa shape index (κ1) is 8.38. The number of methoxy groups -OCH3 is 1. The van der Waals surface area contributed by atoms with E-state index in [1.165, 1.54) is 14.2 Å². The van der Waals surface area contributed by atoms with Crippen LogP contribution in [0.15, 0.2) is 0 Å². The van der Waals surface area contributed by atoms with Crippen molar-refractivity contribution in [1.82, 2.24) is 9.78 Å². The Labute approximate surface area is 68.5 Å². The Hall–Kier alpha value is -1.72. The van der Waals surface area contributed by atoms with E-state index in [1.807, 2.05) is 0 Å². The first-order valence-corrected chi connectivity index (χ1v) is 3.17. The molecule has 1 heterocycles. The number of carboxylic acid groups (broad SMARTS) is 1. The molecule has 0 atom stereocenters. The molecule has 0 unspecified atom stereocenters. The number of aromatic nitrogens is 2. The molecule has 1 aromatic rings. The quantitative estimate of drug-likeness (QED) is 0.638. The number of ether oxygens (including phenoxy) is 1. The second kappa shape index (κ2) is 2.72. The third-order valence-electron chi connectivity index (χ3n) is 1.45. The highest BCUT2D eigenvalue weighted by atomic mass is 16.5. The van der Waals surface area contributed by atoms with Crippen molar-refractivity contribution in [3.63, 3.8) is 0 Å². The lowest BCUT2D eigenvalue weighted by Gasteiger charge is -1.94. The van der Waals surface area contributed by atoms with Crippen molar-refractivity contribution in [1.29, 1.82) is 0 Å². The van der Waals surface area contributed by atoms with Crippen LogP contribution in [0.3, 0.4) is 0 Å². The van der Waals surface area contributed by atoms with Gasteiger partial charge in [0, 0.05) is 7.05 Å². The van der Waals surface area contributed by atoms with Crippen molar-refractivity contribution < 1.29 is 14.6 Å². The number of nitrogen functional groups attached to an aromatic ring is 1. The second-order valence-corrected chi connectivity index (χ2v) is 2.20. The predicted octanol–water partition coefficient (Wildman–Crippen LogP) is -0.291. The number of rotatable bonds is 2. The van der Waals surface area contributed by atoms with Gasteiger partial charge in [-0.2, -0.15) is 0 Å². The molecule has 66 valence electrons. The summed E-state index contributed by atoms with van der Waals surface area (Å²) in [6, 6.07) is 0. The second-order valence-electron chi connectivity index (χ2n) is 2.20. The maximum absolute atomic E-state index is 10.6. The van der Waals surface area contributed by atoms with Crippen molar-refractivity contribution in [3.8, 4) is 5.88 Å². The molecule has 3 N–H and O–H groups in total. The Morgan fingerprint density at radius 2 is 2.33 bits per heavy atom. The molecule has 0 spiro atoms. The Kier molecular flexibility index (Phi) is 1.90. The molecule has 0 aromatic carbocycles. The minimum absolute atomic E-state index is 0.0486. The van der Waals surface area contributed by atoms with Crippen molar-refractivity contribution >= 4 is 11.7 Å². The molecular formula is C6H9N3O3. The zero-order chi connectivity index (χ0) is 9.30. The number of hydrogen-bond acceptors (Lipinski definition) is 4. The molecule has 6 heteroatoms. The zero-order valence-corrected chi connectivity index (χ0v) is 6.74. The highest BCUT2D eigenvalue weighted by molar-refractivity contribution is 5.93. The number of aryl methyl sites for hydroxylation is 1. The van der Waals surface area contributed by atoms with Crippen LogP contribution in [-0.2, 0) is 7.05 Å². The first-order chi connectivity index (χ1) is 5.57. The van der Waals surface area contributed by atoms with Gasteiger partial charge in [-0.3, -0.25) is 4.68 Å². The van der Waals surface area contributed by atoms with Crippen molar-refractivity contribution in [2.45, 2.75) is 0 Å². The van der Waals surface area contributed by atoms with Gasteiger partial charge >= 0.3 is 5.97 Å². The minimum atomic E-state index is -1.12. The SMILES string of the molecule is COc1nn(C)c(C(=O)O)c1N. The fourth-order valence-corrected chi connectivity index (χ4v) is 0.920. The first-order valence-electron chi connectivity index (χ1n) is 3.17. The van der Waals surface area contributed by atoms with E-state index in [2.05, 4.69) is 5.10 Å². The number of nitrogens with two attached hydrogens (primary N) is 1. The van der Waals surface area contributed by atoms with Gasteiger partial charge in [0.25, 0.3) is 5.88 Å². The van der Waals surface area contributed by atoms with Crippen LogP contribution < -0.4 is 10.5 Å². The van der Waals surface area contributed by atoms with E-state index in [-0.39, 0.29) is 17.3 Å². The fraction of sp³-hybridized carbons (Fsp3) is 0.333. The molecule has 0 bridgehead atoms.